The van der Waals surface area contributed by atoms with Crippen LogP contribution < -0.4 is 5.32 Å². The molecular weight excluding hydrogens is 264 g/mol. The van der Waals surface area contributed by atoms with Crippen LogP contribution in [-0.2, 0) is 9.59 Å². The quantitative estimate of drug-likeness (QED) is 0.700. The monoisotopic (exact) mass is 294 g/mol. The zero-order chi connectivity index (χ0) is 15.7. The van der Waals surface area contributed by atoms with Crippen LogP contribution in [0.2, 0.25) is 0 Å². The van der Waals surface area contributed by atoms with Crippen LogP contribution in [-0.4, -0.2) is 36.3 Å². The first-order valence-corrected chi connectivity index (χ1v) is 8.19. The van der Waals surface area contributed by atoms with Gasteiger partial charge in [0.1, 0.15) is 0 Å². The Morgan fingerprint density at radius 2 is 2.05 bits per heavy atom. The van der Waals surface area contributed by atoms with Crippen molar-refractivity contribution in [1.82, 2.24) is 10.2 Å². The van der Waals surface area contributed by atoms with Crippen molar-refractivity contribution in [2.75, 3.05) is 19.6 Å². The second-order valence-corrected chi connectivity index (χ2v) is 6.31. The predicted octanol–water partition coefficient (Wildman–Crippen LogP) is 2.89. The fraction of sp³-hybridized carbons (Fsp3) is 0.765. The molecule has 21 heavy (non-hydrogen) atoms. The summed E-state index contributed by atoms with van der Waals surface area (Å²) in [7, 11) is 0. The number of nitrogens with one attached hydrogen (secondary N) is 1. The van der Waals surface area contributed by atoms with Gasteiger partial charge in [-0.15, -0.1) is 0 Å². The van der Waals surface area contributed by atoms with Gasteiger partial charge in [-0.25, -0.2) is 0 Å². The fourth-order valence-corrected chi connectivity index (χ4v) is 2.61. The number of rotatable bonds is 8. The van der Waals surface area contributed by atoms with Gasteiger partial charge in [0.25, 0.3) is 0 Å². The molecule has 0 atom stereocenters. The SMILES string of the molecule is CC(=O)N(CCNC(=O)CC(C)C)CCC1=CCCCC1. The summed E-state index contributed by atoms with van der Waals surface area (Å²) in [4.78, 5) is 25.1. The molecule has 0 bridgehead atoms. The number of hydrogen-bond donors (Lipinski definition) is 1. The van der Waals surface area contributed by atoms with E-state index in [1.54, 1.807) is 6.92 Å². The first-order chi connectivity index (χ1) is 9.99. The van der Waals surface area contributed by atoms with Crippen LogP contribution in [0.4, 0.5) is 0 Å². The third-order valence-corrected chi connectivity index (χ3v) is 3.83. The van der Waals surface area contributed by atoms with Gasteiger partial charge in [-0.05, 0) is 38.0 Å². The molecule has 0 radical (unpaired) electrons. The molecule has 0 aliphatic heterocycles. The summed E-state index contributed by atoms with van der Waals surface area (Å²) in [6, 6.07) is 0. The highest BCUT2D eigenvalue weighted by Gasteiger charge is 2.11. The summed E-state index contributed by atoms with van der Waals surface area (Å²) in [6.45, 7) is 7.57. The zero-order valence-electron chi connectivity index (χ0n) is 13.8. The lowest BCUT2D eigenvalue weighted by Gasteiger charge is -2.23. The minimum atomic E-state index is 0.0727. The molecule has 0 fully saturated rings. The van der Waals surface area contributed by atoms with E-state index in [4.69, 9.17) is 0 Å². The number of carbonyl (C=O) groups is 2. The summed E-state index contributed by atoms with van der Waals surface area (Å²) in [5, 5.41) is 2.89. The van der Waals surface area contributed by atoms with Crippen LogP contribution in [0.1, 0.15) is 59.3 Å². The molecule has 0 aromatic heterocycles. The van der Waals surface area contributed by atoms with E-state index >= 15 is 0 Å². The van der Waals surface area contributed by atoms with E-state index in [0.717, 1.165) is 13.0 Å². The van der Waals surface area contributed by atoms with Crippen molar-refractivity contribution < 1.29 is 9.59 Å². The Morgan fingerprint density at radius 1 is 1.29 bits per heavy atom. The predicted molar refractivity (Wildman–Crippen MR) is 85.9 cm³/mol. The van der Waals surface area contributed by atoms with Crippen LogP contribution in [0.3, 0.4) is 0 Å². The Hall–Kier alpha value is -1.32. The van der Waals surface area contributed by atoms with Gasteiger partial charge in [0.05, 0.1) is 0 Å². The van der Waals surface area contributed by atoms with Crippen molar-refractivity contribution in [3.8, 4) is 0 Å². The van der Waals surface area contributed by atoms with Gasteiger partial charge in [-0.3, -0.25) is 9.59 Å². The Kier molecular flexibility index (Phi) is 8.09. The highest BCUT2D eigenvalue weighted by Crippen LogP contribution is 2.20. The molecule has 0 saturated heterocycles. The lowest BCUT2D eigenvalue weighted by Crippen LogP contribution is -2.38. The summed E-state index contributed by atoms with van der Waals surface area (Å²) in [6.07, 6.45) is 8.77. The highest BCUT2D eigenvalue weighted by atomic mass is 16.2. The van der Waals surface area contributed by atoms with Crippen LogP contribution in [0.25, 0.3) is 0 Å². The molecule has 0 saturated carbocycles. The van der Waals surface area contributed by atoms with Gasteiger partial charge in [0.15, 0.2) is 0 Å². The second kappa shape index (κ2) is 9.59. The van der Waals surface area contributed by atoms with Crippen LogP contribution in [0.15, 0.2) is 11.6 Å². The molecule has 0 heterocycles. The van der Waals surface area contributed by atoms with E-state index < -0.39 is 0 Å². The normalized spacial score (nSPS) is 14.8. The molecule has 0 unspecified atom stereocenters. The Morgan fingerprint density at radius 3 is 2.62 bits per heavy atom. The molecular formula is C17H30N2O2. The highest BCUT2D eigenvalue weighted by molar-refractivity contribution is 5.76. The van der Waals surface area contributed by atoms with Gasteiger partial charge in [-0.2, -0.15) is 0 Å². The minimum absolute atomic E-state index is 0.0727. The first-order valence-electron chi connectivity index (χ1n) is 8.19. The van der Waals surface area contributed by atoms with Crippen LogP contribution in [0.5, 0.6) is 0 Å². The fourth-order valence-electron chi connectivity index (χ4n) is 2.61. The molecule has 0 aromatic rings. The van der Waals surface area contributed by atoms with Crippen molar-refractivity contribution in [2.24, 2.45) is 5.92 Å². The van der Waals surface area contributed by atoms with E-state index in [2.05, 4.69) is 11.4 Å². The van der Waals surface area contributed by atoms with Gasteiger partial charge < -0.3 is 10.2 Å². The zero-order valence-corrected chi connectivity index (χ0v) is 13.8. The number of allylic oxidation sites excluding steroid dienone is 1. The smallest absolute Gasteiger partial charge is 0.220 e. The molecule has 2 amide bonds. The Labute approximate surface area is 129 Å². The van der Waals surface area contributed by atoms with Crippen molar-refractivity contribution >= 4 is 11.8 Å². The van der Waals surface area contributed by atoms with Gasteiger partial charge in [-0.1, -0.05) is 25.5 Å². The molecule has 120 valence electrons. The maximum absolute atomic E-state index is 11.7. The second-order valence-electron chi connectivity index (χ2n) is 6.31. The Bertz CT molecular complexity index is 375. The number of carbonyl (C=O) groups excluding carboxylic acids is 2. The number of amides is 2. The molecule has 1 N–H and O–H groups in total. The van der Waals surface area contributed by atoms with Crippen molar-refractivity contribution in [1.29, 1.82) is 0 Å². The molecule has 1 aliphatic carbocycles. The third-order valence-electron chi connectivity index (χ3n) is 3.83. The topological polar surface area (TPSA) is 49.4 Å². The van der Waals surface area contributed by atoms with Crippen molar-refractivity contribution in [3.05, 3.63) is 11.6 Å². The number of nitrogens with zero attached hydrogens (tertiary/aromatic N) is 1. The molecule has 4 nitrogen and oxygen atoms in total. The van der Waals surface area contributed by atoms with E-state index in [9.17, 15) is 9.59 Å². The maximum atomic E-state index is 11.7. The lowest BCUT2D eigenvalue weighted by atomic mass is 9.97. The average molecular weight is 294 g/mol. The third kappa shape index (κ3) is 7.88. The average Bonchev–Trinajstić information content (AvgIpc) is 2.42. The van der Waals surface area contributed by atoms with Gasteiger partial charge in [0.2, 0.25) is 11.8 Å². The molecule has 1 rings (SSSR count). The van der Waals surface area contributed by atoms with E-state index in [0.29, 0.717) is 25.4 Å². The maximum Gasteiger partial charge on any atom is 0.220 e. The summed E-state index contributed by atoms with van der Waals surface area (Å²) < 4.78 is 0. The van der Waals surface area contributed by atoms with Crippen molar-refractivity contribution in [2.45, 2.75) is 59.3 Å². The van der Waals surface area contributed by atoms with E-state index in [1.165, 1.54) is 31.3 Å². The van der Waals surface area contributed by atoms with Crippen molar-refractivity contribution in [3.63, 3.8) is 0 Å². The van der Waals surface area contributed by atoms with Gasteiger partial charge >= 0.3 is 0 Å². The standard InChI is InChI=1S/C17H30N2O2/c1-14(2)13-17(21)18-10-12-19(15(3)20)11-9-16-7-5-4-6-8-16/h7,14H,4-6,8-13H2,1-3H3,(H,18,21). The first kappa shape index (κ1) is 17.7. The summed E-state index contributed by atoms with van der Waals surface area (Å²) in [5.74, 6) is 0.528. The molecule has 4 heteroatoms. The van der Waals surface area contributed by atoms with Crippen LogP contribution in [0, 0.1) is 5.92 Å². The molecule has 1 aliphatic rings. The summed E-state index contributed by atoms with van der Waals surface area (Å²) >= 11 is 0. The largest absolute Gasteiger partial charge is 0.354 e. The number of hydrogen-bond acceptors (Lipinski definition) is 2. The van der Waals surface area contributed by atoms with E-state index in [1.807, 2.05) is 18.7 Å². The van der Waals surface area contributed by atoms with Gasteiger partial charge in [0, 0.05) is 33.0 Å². The minimum Gasteiger partial charge on any atom is -0.354 e. The van der Waals surface area contributed by atoms with E-state index in [-0.39, 0.29) is 11.8 Å². The van der Waals surface area contributed by atoms with Crippen LogP contribution >= 0.6 is 0 Å². The molecule has 0 aromatic carbocycles. The summed E-state index contributed by atoms with van der Waals surface area (Å²) in [5.41, 5.74) is 1.48. The molecule has 0 spiro atoms. The lowest BCUT2D eigenvalue weighted by molar-refractivity contribution is -0.129. The Balaban J connectivity index is 2.28.